The third-order valence-corrected chi connectivity index (χ3v) is 2.89. The van der Waals surface area contributed by atoms with Crippen LogP contribution in [0.15, 0.2) is 0 Å². The highest BCUT2D eigenvalue weighted by Gasteiger charge is 2.14. The van der Waals surface area contributed by atoms with Gasteiger partial charge in [-0.1, -0.05) is 20.3 Å². The summed E-state index contributed by atoms with van der Waals surface area (Å²) in [5.41, 5.74) is 0. The summed E-state index contributed by atoms with van der Waals surface area (Å²) in [7, 11) is 0. The number of hydrogen-bond acceptors (Lipinski definition) is 1. The van der Waals surface area contributed by atoms with Gasteiger partial charge in [0.05, 0.1) is 0 Å². The van der Waals surface area contributed by atoms with E-state index in [0.717, 1.165) is 11.8 Å². The molecular formula is C10H21N. The molecule has 0 aliphatic carbocycles. The lowest BCUT2D eigenvalue weighted by molar-refractivity contribution is 0.305. The molecular weight excluding hydrogens is 134 g/mol. The molecule has 0 amide bonds. The molecule has 1 aliphatic heterocycles. The van der Waals surface area contributed by atoms with Crippen LogP contribution in [0.5, 0.6) is 0 Å². The Bertz CT molecular complexity index is 95.0. The molecule has 0 radical (unpaired) electrons. The summed E-state index contributed by atoms with van der Waals surface area (Å²) in [6.45, 7) is 7.18. The van der Waals surface area contributed by atoms with E-state index in [4.69, 9.17) is 0 Å². The average Bonchev–Trinajstić information content (AvgIpc) is 2.06. The van der Waals surface area contributed by atoms with Gasteiger partial charge in [-0.25, -0.2) is 0 Å². The van der Waals surface area contributed by atoms with E-state index in [1.54, 1.807) is 0 Å². The molecule has 1 fully saturated rings. The maximum atomic E-state index is 3.41. The second-order valence-corrected chi connectivity index (χ2v) is 3.94. The molecule has 0 aromatic rings. The van der Waals surface area contributed by atoms with E-state index in [0.29, 0.717) is 0 Å². The molecule has 0 spiro atoms. The molecule has 1 aliphatic rings. The van der Waals surface area contributed by atoms with Crippen molar-refractivity contribution < 1.29 is 0 Å². The monoisotopic (exact) mass is 155 g/mol. The van der Waals surface area contributed by atoms with Crippen LogP contribution in [0.25, 0.3) is 0 Å². The fourth-order valence-corrected chi connectivity index (χ4v) is 1.85. The molecule has 0 unspecified atom stereocenters. The van der Waals surface area contributed by atoms with Gasteiger partial charge in [0.2, 0.25) is 0 Å². The molecule has 11 heavy (non-hydrogen) atoms. The summed E-state index contributed by atoms with van der Waals surface area (Å²) in [5, 5.41) is 3.41. The predicted molar refractivity (Wildman–Crippen MR) is 49.7 cm³/mol. The third-order valence-electron chi connectivity index (χ3n) is 2.89. The molecule has 0 aromatic heterocycles. The minimum Gasteiger partial charge on any atom is -0.317 e. The van der Waals surface area contributed by atoms with Gasteiger partial charge in [-0.15, -0.1) is 0 Å². The fraction of sp³-hybridized carbons (Fsp3) is 1.00. The van der Waals surface area contributed by atoms with Crippen molar-refractivity contribution in [1.29, 1.82) is 0 Å². The summed E-state index contributed by atoms with van der Waals surface area (Å²) < 4.78 is 0. The first-order chi connectivity index (χ1) is 5.33. The summed E-state index contributed by atoms with van der Waals surface area (Å²) in [6, 6.07) is 0. The zero-order valence-corrected chi connectivity index (χ0v) is 7.90. The van der Waals surface area contributed by atoms with Gasteiger partial charge in [0.15, 0.2) is 0 Å². The van der Waals surface area contributed by atoms with Crippen LogP contribution < -0.4 is 5.32 Å². The Balaban J connectivity index is 2.13. The summed E-state index contributed by atoms with van der Waals surface area (Å²) >= 11 is 0. The van der Waals surface area contributed by atoms with Crippen molar-refractivity contribution in [2.24, 2.45) is 11.8 Å². The Morgan fingerprint density at radius 2 is 2.00 bits per heavy atom. The van der Waals surface area contributed by atoms with Crippen molar-refractivity contribution in [3.63, 3.8) is 0 Å². The fourth-order valence-electron chi connectivity index (χ4n) is 1.85. The molecule has 1 saturated heterocycles. The maximum absolute atomic E-state index is 3.41. The average molecular weight is 155 g/mol. The molecule has 66 valence electrons. The van der Waals surface area contributed by atoms with E-state index < -0.39 is 0 Å². The Labute approximate surface area is 70.6 Å². The van der Waals surface area contributed by atoms with Crippen LogP contribution in [-0.2, 0) is 0 Å². The Morgan fingerprint density at radius 3 is 2.55 bits per heavy atom. The summed E-state index contributed by atoms with van der Waals surface area (Å²) in [4.78, 5) is 0. The van der Waals surface area contributed by atoms with Gasteiger partial charge in [0.25, 0.3) is 0 Å². The van der Waals surface area contributed by atoms with Crippen LogP contribution in [0, 0.1) is 11.8 Å². The van der Waals surface area contributed by atoms with E-state index in [1.165, 1.54) is 38.8 Å². The molecule has 1 heterocycles. The van der Waals surface area contributed by atoms with E-state index in [1.807, 2.05) is 0 Å². The second kappa shape index (κ2) is 4.76. The Hall–Kier alpha value is -0.0400. The Kier molecular flexibility index (Phi) is 3.92. The first-order valence-electron chi connectivity index (χ1n) is 5.03. The zero-order valence-electron chi connectivity index (χ0n) is 7.90. The van der Waals surface area contributed by atoms with Gasteiger partial charge < -0.3 is 5.32 Å². The number of piperidine rings is 1. The van der Waals surface area contributed by atoms with Crippen LogP contribution in [-0.4, -0.2) is 13.1 Å². The van der Waals surface area contributed by atoms with E-state index in [9.17, 15) is 0 Å². The molecule has 1 atom stereocenters. The summed E-state index contributed by atoms with van der Waals surface area (Å²) in [6.07, 6.45) is 5.62. The van der Waals surface area contributed by atoms with Crippen LogP contribution >= 0.6 is 0 Å². The SMILES string of the molecule is CC[C@@H](C)CC1CCNCC1. The predicted octanol–water partition coefficient (Wildman–Crippen LogP) is 2.42. The first-order valence-corrected chi connectivity index (χ1v) is 5.03. The van der Waals surface area contributed by atoms with Crippen LogP contribution in [0.2, 0.25) is 0 Å². The maximum Gasteiger partial charge on any atom is -0.00463 e. The van der Waals surface area contributed by atoms with Crippen molar-refractivity contribution in [3.05, 3.63) is 0 Å². The lowest BCUT2D eigenvalue weighted by atomic mass is 9.88. The number of rotatable bonds is 3. The second-order valence-electron chi connectivity index (χ2n) is 3.94. The molecule has 1 rings (SSSR count). The van der Waals surface area contributed by atoms with Gasteiger partial charge >= 0.3 is 0 Å². The zero-order chi connectivity index (χ0) is 8.10. The van der Waals surface area contributed by atoms with Crippen molar-refractivity contribution in [3.8, 4) is 0 Å². The highest BCUT2D eigenvalue weighted by Crippen LogP contribution is 2.22. The minimum atomic E-state index is 0.943. The summed E-state index contributed by atoms with van der Waals surface area (Å²) in [5.74, 6) is 1.96. The lowest BCUT2D eigenvalue weighted by Crippen LogP contribution is -2.28. The van der Waals surface area contributed by atoms with Crippen molar-refractivity contribution in [1.82, 2.24) is 5.32 Å². The normalized spacial score (nSPS) is 23.5. The minimum absolute atomic E-state index is 0.943. The highest BCUT2D eigenvalue weighted by molar-refractivity contribution is 4.70. The van der Waals surface area contributed by atoms with Gasteiger partial charge in [0.1, 0.15) is 0 Å². The van der Waals surface area contributed by atoms with Gasteiger partial charge in [0, 0.05) is 0 Å². The molecule has 0 saturated carbocycles. The van der Waals surface area contributed by atoms with Gasteiger partial charge in [-0.05, 0) is 44.2 Å². The number of nitrogens with one attached hydrogen (secondary N) is 1. The highest BCUT2D eigenvalue weighted by atomic mass is 14.9. The third kappa shape index (κ3) is 3.24. The van der Waals surface area contributed by atoms with E-state index in [2.05, 4.69) is 19.2 Å². The van der Waals surface area contributed by atoms with Crippen LogP contribution in [0.3, 0.4) is 0 Å². The molecule has 0 bridgehead atoms. The van der Waals surface area contributed by atoms with Gasteiger partial charge in [-0.3, -0.25) is 0 Å². The van der Waals surface area contributed by atoms with Crippen molar-refractivity contribution in [2.45, 2.75) is 39.5 Å². The molecule has 1 heteroatoms. The molecule has 0 aromatic carbocycles. The standard InChI is InChI=1S/C10H21N/c1-3-9(2)8-10-4-6-11-7-5-10/h9-11H,3-8H2,1-2H3/t9-/m1/s1. The van der Waals surface area contributed by atoms with Crippen LogP contribution in [0.1, 0.15) is 39.5 Å². The van der Waals surface area contributed by atoms with Crippen LogP contribution in [0.4, 0.5) is 0 Å². The topological polar surface area (TPSA) is 12.0 Å². The van der Waals surface area contributed by atoms with E-state index >= 15 is 0 Å². The lowest BCUT2D eigenvalue weighted by Gasteiger charge is -2.24. The van der Waals surface area contributed by atoms with Crippen molar-refractivity contribution >= 4 is 0 Å². The van der Waals surface area contributed by atoms with E-state index in [-0.39, 0.29) is 0 Å². The molecule has 1 nitrogen and oxygen atoms in total. The number of hydrogen-bond donors (Lipinski definition) is 1. The van der Waals surface area contributed by atoms with Crippen molar-refractivity contribution in [2.75, 3.05) is 13.1 Å². The quantitative estimate of drug-likeness (QED) is 0.660. The molecule has 1 N–H and O–H groups in total. The Morgan fingerprint density at radius 1 is 1.36 bits per heavy atom. The smallest absolute Gasteiger partial charge is 0.00463 e. The largest absolute Gasteiger partial charge is 0.317 e. The van der Waals surface area contributed by atoms with Gasteiger partial charge in [-0.2, -0.15) is 0 Å². The first kappa shape index (κ1) is 9.05.